The zero-order chi connectivity index (χ0) is 14.0. The number of alkyl halides is 3. The Morgan fingerprint density at radius 1 is 1.47 bits per heavy atom. The minimum atomic E-state index is -4.48. The van der Waals surface area contributed by atoms with Gasteiger partial charge in [-0.3, -0.25) is 0 Å². The third-order valence-corrected chi connectivity index (χ3v) is 2.84. The quantitative estimate of drug-likeness (QED) is 0.746. The lowest BCUT2D eigenvalue weighted by molar-refractivity contribution is -0.137. The fraction of sp³-hybridized carbons (Fsp3) is 0.455. The summed E-state index contributed by atoms with van der Waals surface area (Å²) in [4.78, 5) is 5.42. The minimum Gasteiger partial charge on any atom is -0.360 e. The van der Waals surface area contributed by atoms with Crippen molar-refractivity contribution in [2.75, 3.05) is 24.6 Å². The number of rotatable bonds is 1. The van der Waals surface area contributed by atoms with Crippen molar-refractivity contribution in [3.63, 3.8) is 0 Å². The van der Waals surface area contributed by atoms with Crippen molar-refractivity contribution in [3.8, 4) is 6.07 Å². The zero-order valence-electron chi connectivity index (χ0n) is 9.62. The van der Waals surface area contributed by atoms with Crippen molar-refractivity contribution < 1.29 is 17.9 Å². The van der Waals surface area contributed by atoms with E-state index in [0.717, 1.165) is 12.1 Å². The van der Waals surface area contributed by atoms with Gasteiger partial charge in [-0.1, -0.05) is 11.6 Å². The topological polar surface area (TPSA) is 49.2 Å². The normalized spacial score (nSPS) is 20.2. The molecule has 19 heavy (non-hydrogen) atoms. The second kappa shape index (κ2) is 5.23. The smallest absolute Gasteiger partial charge is 0.360 e. The molecule has 102 valence electrons. The lowest BCUT2D eigenvalue weighted by Gasteiger charge is -2.31. The molecule has 2 heterocycles. The Kier molecular flexibility index (Phi) is 3.83. The van der Waals surface area contributed by atoms with Gasteiger partial charge in [0.15, 0.2) is 6.10 Å². The predicted octanol–water partition coefficient (Wildman–Crippen LogP) is 2.48. The van der Waals surface area contributed by atoms with E-state index < -0.39 is 17.8 Å². The van der Waals surface area contributed by atoms with Crippen molar-refractivity contribution in [1.82, 2.24) is 4.98 Å². The second-order valence-corrected chi connectivity index (χ2v) is 4.36. The first-order valence-corrected chi connectivity index (χ1v) is 5.79. The molecule has 2 rings (SSSR count). The fourth-order valence-electron chi connectivity index (χ4n) is 1.74. The van der Waals surface area contributed by atoms with Gasteiger partial charge in [0.25, 0.3) is 0 Å². The standard InChI is InChI=1S/C11H9ClF3N3O/c12-9-3-7(11(13,14)15)4-10(17-9)18-1-2-19-8(5-16)6-18/h3-4,8H,1-2,6H2. The van der Waals surface area contributed by atoms with Crippen LogP contribution in [0.5, 0.6) is 0 Å². The third-order valence-electron chi connectivity index (χ3n) is 2.64. The van der Waals surface area contributed by atoms with E-state index in [0.29, 0.717) is 6.54 Å². The highest BCUT2D eigenvalue weighted by atomic mass is 35.5. The monoisotopic (exact) mass is 291 g/mol. The van der Waals surface area contributed by atoms with E-state index in [1.165, 1.54) is 0 Å². The Morgan fingerprint density at radius 3 is 2.84 bits per heavy atom. The Hall–Kier alpha value is -1.52. The van der Waals surface area contributed by atoms with Crippen molar-refractivity contribution in [2.45, 2.75) is 12.3 Å². The van der Waals surface area contributed by atoms with Crippen LogP contribution in [0, 0.1) is 11.3 Å². The Balaban J connectivity index is 2.30. The van der Waals surface area contributed by atoms with Crippen LogP contribution in [0.15, 0.2) is 12.1 Å². The van der Waals surface area contributed by atoms with E-state index in [-0.39, 0.29) is 24.1 Å². The van der Waals surface area contributed by atoms with Crippen LogP contribution in [0.3, 0.4) is 0 Å². The number of hydrogen-bond donors (Lipinski definition) is 0. The summed E-state index contributed by atoms with van der Waals surface area (Å²) in [5.74, 6) is 0.100. The summed E-state index contributed by atoms with van der Waals surface area (Å²) >= 11 is 5.61. The van der Waals surface area contributed by atoms with Crippen molar-refractivity contribution in [1.29, 1.82) is 5.26 Å². The summed E-state index contributed by atoms with van der Waals surface area (Å²) in [6.07, 6.45) is -5.16. The van der Waals surface area contributed by atoms with Crippen LogP contribution in [0.4, 0.5) is 19.0 Å². The molecule has 0 aromatic carbocycles. The lowest BCUT2D eigenvalue weighted by atomic mass is 10.2. The van der Waals surface area contributed by atoms with E-state index in [1.807, 2.05) is 6.07 Å². The van der Waals surface area contributed by atoms with Gasteiger partial charge in [-0.2, -0.15) is 18.4 Å². The number of aromatic nitrogens is 1. The molecule has 1 aliphatic heterocycles. The van der Waals surface area contributed by atoms with Crippen molar-refractivity contribution in [2.24, 2.45) is 0 Å². The van der Waals surface area contributed by atoms with E-state index in [9.17, 15) is 13.2 Å². The molecule has 1 aromatic rings. The van der Waals surface area contributed by atoms with Gasteiger partial charge >= 0.3 is 6.18 Å². The molecular formula is C11H9ClF3N3O. The number of pyridine rings is 1. The van der Waals surface area contributed by atoms with E-state index in [1.54, 1.807) is 4.90 Å². The largest absolute Gasteiger partial charge is 0.416 e. The number of hydrogen-bond acceptors (Lipinski definition) is 4. The van der Waals surface area contributed by atoms with Gasteiger partial charge in [-0.25, -0.2) is 4.98 Å². The molecular weight excluding hydrogens is 283 g/mol. The maximum atomic E-state index is 12.7. The SMILES string of the molecule is N#CC1CN(c2cc(C(F)(F)F)cc(Cl)n2)CCO1. The molecule has 1 saturated heterocycles. The number of nitriles is 1. The molecule has 8 heteroatoms. The summed E-state index contributed by atoms with van der Waals surface area (Å²) in [6.45, 7) is 0.789. The number of ether oxygens (including phenoxy) is 1. The molecule has 1 atom stereocenters. The van der Waals surface area contributed by atoms with Crippen LogP contribution < -0.4 is 4.90 Å². The second-order valence-electron chi connectivity index (χ2n) is 3.97. The molecule has 0 spiro atoms. The van der Waals surface area contributed by atoms with E-state index in [2.05, 4.69) is 4.98 Å². The number of nitrogens with zero attached hydrogens (tertiary/aromatic N) is 3. The zero-order valence-corrected chi connectivity index (χ0v) is 10.4. The summed E-state index contributed by atoms with van der Waals surface area (Å²) in [7, 11) is 0. The van der Waals surface area contributed by atoms with Crippen LogP contribution in [0.25, 0.3) is 0 Å². The van der Waals surface area contributed by atoms with E-state index in [4.69, 9.17) is 21.6 Å². The molecule has 1 aromatic heterocycles. The average Bonchev–Trinajstić information content (AvgIpc) is 2.37. The predicted molar refractivity (Wildman–Crippen MR) is 61.8 cm³/mol. The van der Waals surface area contributed by atoms with Gasteiger partial charge < -0.3 is 9.64 Å². The highest BCUT2D eigenvalue weighted by Crippen LogP contribution is 2.33. The number of halogens is 4. The molecule has 0 aliphatic carbocycles. The highest BCUT2D eigenvalue weighted by Gasteiger charge is 2.32. The maximum absolute atomic E-state index is 12.7. The van der Waals surface area contributed by atoms with Crippen LogP contribution in [0.2, 0.25) is 5.15 Å². The lowest BCUT2D eigenvalue weighted by Crippen LogP contribution is -2.42. The van der Waals surface area contributed by atoms with Gasteiger partial charge in [-0.05, 0) is 12.1 Å². The van der Waals surface area contributed by atoms with Gasteiger partial charge in [0, 0.05) is 6.54 Å². The molecule has 0 N–H and O–H groups in total. The number of anilines is 1. The van der Waals surface area contributed by atoms with Crippen LogP contribution in [-0.2, 0) is 10.9 Å². The Labute approximate surface area is 112 Å². The maximum Gasteiger partial charge on any atom is 0.416 e. The van der Waals surface area contributed by atoms with Crippen LogP contribution in [-0.4, -0.2) is 30.8 Å². The average molecular weight is 292 g/mol. The summed E-state index contributed by atoms with van der Waals surface area (Å²) < 4.78 is 43.1. The third kappa shape index (κ3) is 3.28. The first-order valence-electron chi connectivity index (χ1n) is 5.41. The molecule has 0 amide bonds. The van der Waals surface area contributed by atoms with Crippen LogP contribution >= 0.6 is 11.6 Å². The van der Waals surface area contributed by atoms with Gasteiger partial charge in [-0.15, -0.1) is 0 Å². The molecule has 0 radical (unpaired) electrons. The van der Waals surface area contributed by atoms with Gasteiger partial charge in [0.1, 0.15) is 11.0 Å². The molecule has 0 saturated carbocycles. The molecule has 1 aliphatic rings. The first kappa shape index (κ1) is 13.9. The van der Waals surface area contributed by atoms with Crippen LogP contribution in [0.1, 0.15) is 5.56 Å². The fourth-order valence-corrected chi connectivity index (χ4v) is 1.95. The van der Waals surface area contributed by atoms with Crippen molar-refractivity contribution >= 4 is 17.4 Å². The molecule has 1 unspecified atom stereocenters. The minimum absolute atomic E-state index is 0.100. The summed E-state index contributed by atoms with van der Waals surface area (Å²) in [6, 6.07) is 3.61. The first-order chi connectivity index (χ1) is 8.90. The molecule has 0 bridgehead atoms. The van der Waals surface area contributed by atoms with Gasteiger partial charge in [0.2, 0.25) is 0 Å². The summed E-state index contributed by atoms with van der Waals surface area (Å²) in [5.41, 5.74) is -0.859. The highest BCUT2D eigenvalue weighted by molar-refractivity contribution is 6.29. The van der Waals surface area contributed by atoms with E-state index >= 15 is 0 Å². The Morgan fingerprint density at radius 2 is 2.21 bits per heavy atom. The van der Waals surface area contributed by atoms with Gasteiger partial charge in [0.05, 0.1) is 24.8 Å². The molecule has 4 nitrogen and oxygen atoms in total. The van der Waals surface area contributed by atoms with Crippen molar-refractivity contribution in [3.05, 3.63) is 22.8 Å². The Bertz CT molecular complexity index is 515. The number of morpholine rings is 1. The molecule has 1 fully saturated rings. The summed E-state index contributed by atoms with van der Waals surface area (Å²) in [5, 5.41) is 8.53.